The maximum Gasteiger partial charge on any atom is 0.337 e. The lowest BCUT2D eigenvalue weighted by Crippen LogP contribution is -2.12. The Bertz CT molecular complexity index is 232. The van der Waals surface area contributed by atoms with E-state index in [2.05, 4.69) is 4.74 Å². The molecule has 0 saturated carbocycles. The molecule has 0 aromatic rings. The van der Waals surface area contributed by atoms with Crippen LogP contribution in [0, 0.1) is 0 Å². The van der Waals surface area contributed by atoms with Gasteiger partial charge in [-0.05, 0) is 13.8 Å². The normalized spacial score (nSPS) is 21.6. The van der Waals surface area contributed by atoms with Crippen molar-refractivity contribution >= 4 is 5.97 Å². The summed E-state index contributed by atoms with van der Waals surface area (Å²) in [6, 6.07) is 0. The van der Waals surface area contributed by atoms with Gasteiger partial charge in [-0.15, -0.1) is 0 Å². The first-order chi connectivity index (χ1) is 6.19. The van der Waals surface area contributed by atoms with E-state index in [-0.39, 0.29) is 12.3 Å². The second-order valence-electron chi connectivity index (χ2n) is 2.73. The van der Waals surface area contributed by atoms with Crippen LogP contribution in [0.15, 0.2) is 11.3 Å². The highest BCUT2D eigenvalue weighted by Gasteiger charge is 2.28. The zero-order valence-electron chi connectivity index (χ0n) is 8.12. The SMILES string of the molecule is CCOC1CC(C(=O)OC)=C(C)O1. The molecular formula is C9H14O4. The molecule has 0 radical (unpaired) electrons. The van der Waals surface area contributed by atoms with Crippen molar-refractivity contribution in [2.45, 2.75) is 26.6 Å². The van der Waals surface area contributed by atoms with Gasteiger partial charge in [0.2, 0.25) is 6.29 Å². The standard InChI is InChI=1S/C9H14O4/c1-4-12-8-5-7(6(2)13-8)9(10)11-3/h8H,4-5H2,1-3H3. The summed E-state index contributed by atoms with van der Waals surface area (Å²) in [5, 5.41) is 0. The molecule has 0 amide bonds. The molecule has 4 nitrogen and oxygen atoms in total. The Kier molecular flexibility index (Phi) is 3.31. The minimum atomic E-state index is -0.334. The number of hydrogen-bond donors (Lipinski definition) is 0. The smallest absolute Gasteiger partial charge is 0.337 e. The first kappa shape index (κ1) is 10.1. The zero-order valence-corrected chi connectivity index (χ0v) is 8.12. The van der Waals surface area contributed by atoms with E-state index >= 15 is 0 Å². The van der Waals surface area contributed by atoms with Crippen LogP contribution < -0.4 is 0 Å². The quantitative estimate of drug-likeness (QED) is 0.621. The summed E-state index contributed by atoms with van der Waals surface area (Å²) in [6.45, 7) is 4.20. The molecule has 0 aliphatic carbocycles. The van der Waals surface area contributed by atoms with Crippen LogP contribution in [0.25, 0.3) is 0 Å². The second-order valence-corrected chi connectivity index (χ2v) is 2.73. The summed E-state index contributed by atoms with van der Waals surface area (Å²) in [5.41, 5.74) is 0.570. The Balaban J connectivity index is 2.57. The van der Waals surface area contributed by atoms with Gasteiger partial charge in [0.25, 0.3) is 0 Å². The number of ether oxygens (including phenoxy) is 3. The third-order valence-electron chi connectivity index (χ3n) is 1.89. The van der Waals surface area contributed by atoms with Crippen LogP contribution in [0.3, 0.4) is 0 Å². The summed E-state index contributed by atoms with van der Waals surface area (Å²) in [4.78, 5) is 11.2. The highest BCUT2D eigenvalue weighted by Crippen LogP contribution is 2.25. The Morgan fingerprint density at radius 1 is 1.69 bits per heavy atom. The topological polar surface area (TPSA) is 44.8 Å². The molecule has 1 heterocycles. The van der Waals surface area contributed by atoms with Crippen molar-refractivity contribution in [3.63, 3.8) is 0 Å². The fourth-order valence-corrected chi connectivity index (χ4v) is 1.25. The Morgan fingerprint density at radius 2 is 2.38 bits per heavy atom. The van der Waals surface area contributed by atoms with E-state index in [4.69, 9.17) is 9.47 Å². The van der Waals surface area contributed by atoms with Crippen LogP contribution in [-0.2, 0) is 19.0 Å². The highest BCUT2D eigenvalue weighted by atomic mass is 16.7. The van der Waals surface area contributed by atoms with Crippen LogP contribution in [0.1, 0.15) is 20.3 Å². The molecule has 74 valence electrons. The summed E-state index contributed by atoms with van der Waals surface area (Å²) in [5.74, 6) is 0.269. The minimum Gasteiger partial charge on any atom is -0.469 e. The van der Waals surface area contributed by atoms with Gasteiger partial charge in [0, 0.05) is 13.0 Å². The maximum absolute atomic E-state index is 11.2. The second kappa shape index (κ2) is 4.28. The molecule has 0 aromatic carbocycles. The molecule has 0 spiro atoms. The number of carbonyl (C=O) groups excluding carboxylic acids is 1. The molecule has 0 bridgehead atoms. The van der Waals surface area contributed by atoms with Gasteiger partial charge in [0.1, 0.15) is 5.76 Å². The van der Waals surface area contributed by atoms with E-state index in [0.717, 1.165) is 0 Å². The highest BCUT2D eigenvalue weighted by molar-refractivity contribution is 5.89. The van der Waals surface area contributed by atoms with Gasteiger partial charge in [-0.3, -0.25) is 0 Å². The van der Waals surface area contributed by atoms with Crippen LogP contribution >= 0.6 is 0 Å². The van der Waals surface area contributed by atoms with Gasteiger partial charge >= 0.3 is 5.97 Å². The van der Waals surface area contributed by atoms with Crippen molar-refractivity contribution in [1.29, 1.82) is 0 Å². The number of allylic oxidation sites excluding steroid dienone is 1. The summed E-state index contributed by atoms with van der Waals surface area (Å²) in [7, 11) is 1.36. The van der Waals surface area contributed by atoms with Crippen molar-refractivity contribution in [3.05, 3.63) is 11.3 Å². The van der Waals surface area contributed by atoms with E-state index in [9.17, 15) is 4.79 Å². The van der Waals surface area contributed by atoms with Crippen LogP contribution in [0.5, 0.6) is 0 Å². The van der Waals surface area contributed by atoms with Gasteiger partial charge in [-0.25, -0.2) is 4.79 Å². The van der Waals surface area contributed by atoms with Gasteiger partial charge in [0.15, 0.2) is 0 Å². The Labute approximate surface area is 77.5 Å². The van der Waals surface area contributed by atoms with Gasteiger partial charge in [-0.2, -0.15) is 0 Å². The molecule has 4 heteroatoms. The first-order valence-corrected chi connectivity index (χ1v) is 4.25. The average molecular weight is 186 g/mol. The largest absolute Gasteiger partial charge is 0.469 e. The van der Waals surface area contributed by atoms with E-state index in [1.165, 1.54) is 7.11 Å². The summed E-state index contributed by atoms with van der Waals surface area (Å²) in [6.07, 6.45) is 0.158. The van der Waals surface area contributed by atoms with Crippen molar-refractivity contribution < 1.29 is 19.0 Å². The molecule has 0 saturated heterocycles. The van der Waals surface area contributed by atoms with Crippen molar-refractivity contribution in [2.75, 3.05) is 13.7 Å². The minimum absolute atomic E-state index is 0.320. The fraction of sp³-hybridized carbons (Fsp3) is 0.667. The maximum atomic E-state index is 11.2. The van der Waals surface area contributed by atoms with Crippen LogP contribution in [0.4, 0.5) is 0 Å². The molecule has 0 N–H and O–H groups in total. The molecule has 13 heavy (non-hydrogen) atoms. The van der Waals surface area contributed by atoms with E-state index in [1.54, 1.807) is 6.92 Å². The molecule has 1 aliphatic heterocycles. The Hall–Kier alpha value is -1.03. The molecule has 1 atom stereocenters. The molecule has 1 unspecified atom stereocenters. The number of methoxy groups -OCH3 is 1. The number of rotatable bonds is 3. The molecule has 0 aromatic heterocycles. The number of carbonyl (C=O) groups is 1. The third kappa shape index (κ3) is 2.21. The van der Waals surface area contributed by atoms with Crippen LogP contribution in [0.2, 0.25) is 0 Å². The van der Waals surface area contributed by atoms with Crippen molar-refractivity contribution in [3.8, 4) is 0 Å². The predicted octanol–water partition coefficient (Wildman–Crippen LogP) is 1.22. The fourth-order valence-electron chi connectivity index (χ4n) is 1.25. The lowest BCUT2D eigenvalue weighted by atomic mass is 10.2. The summed E-state index contributed by atoms with van der Waals surface area (Å²) < 4.78 is 15.1. The lowest BCUT2D eigenvalue weighted by Gasteiger charge is -2.10. The molecule has 1 rings (SSSR count). The van der Waals surface area contributed by atoms with Crippen molar-refractivity contribution in [1.82, 2.24) is 0 Å². The van der Waals surface area contributed by atoms with Gasteiger partial charge in [-0.1, -0.05) is 0 Å². The first-order valence-electron chi connectivity index (χ1n) is 4.25. The van der Waals surface area contributed by atoms with Gasteiger partial charge < -0.3 is 14.2 Å². The predicted molar refractivity (Wildman–Crippen MR) is 45.8 cm³/mol. The Morgan fingerprint density at radius 3 is 2.92 bits per heavy atom. The monoisotopic (exact) mass is 186 g/mol. The zero-order chi connectivity index (χ0) is 9.84. The molecule has 1 aliphatic rings. The average Bonchev–Trinajstić information content (AvgIpc) is 2.46. The number of hydrogen-bond acceptors (Lipinski definition) is 4. The lowest BCUT2D eigenvalue weighted by molar-refractivity contribution is -0.136. The molecule has 0 fully saturated rings. The third-order valence-corrected chi connectivity index (χ3v) is 1.89. The van der Waals surface area contributed by atoms with Crippen LogP contribution in [-0.4, -0.2) is 26.0 Å². The van der Waals surface area contributed by atoms with E-state index < -0.39 is 0 Å². The van der Waals surface area contributed by atoms with Crippen molar-refractivity contribution in [2.24, 2.45) is 0 Å². The number of esters is 1. The summed E-state index contributed by atoms with van der Waals surface area (Å²) >= 11 is 0. The van der Waals surface area contributed by atoms with E-state index in [0.29, 0.717) is 24.4 Å². The van der Waals surface area contributed by atoms with Gasteiger partial charge in [0.05, 0.1) is 12.7 Å². The molecular weight excluding hydrogens is 172 g/mol. The van der Waals surface area contributed by atoms with E-state index in [1.807, 2.05) is 6.92 Å².